The van der Waals surface area contributed by atoms with Crippen molar-refractivity contribution in [1.82, 2.24) is 20.0 Å². The highest BCUT2D eigenvalue weighted by Crippen LogP contribution is 2.49. The molecule has 17 heteroatoms. The van der Waals surface area contributed by atoms with E-state index in [1.807, 2.05) is 0 Å². The number of fused-ring (bicyclic) bond motifs is 2. The molecule has 4 N–H and O–H groups in total. The Bertz CT molecular complexity index is 2120. The summed E-state index contributed by atoms with van der Waals surface area (Å²) in [6.07, 6.45) is -4.86. The Morgan fingerprint density at radius 3 is 2.31 bits per heavy atom. The molecule has 1 aliphatic heterocycles. The molecule has 0 fully saturated rings. The van der Waals surface area contributed by atoms with Gasteiger partial charge in [0.15, 0.2) is 0 Å². The number of ether oxygens (including phenoxy) is 2. The minimum Gasteiger partial charge on any atom is -0.489 e. The number of rotatable bonds is 10. The second-order valence-corrected chi connectivity index (χ2v) is 17.3. The zero-order valence-electron chi connectivity index (χ0n) is 31.3. The summed E-state index contributed by atoms with van der Waals surface area (Å²) >= 11 is 0. The molecule has 0 bridgehead atoms. The van der Waals surface area contributed by atoms with Crippen LogP contribution in [0.3, 0.4) is 0 Å². The molecular weight excluding hydrogens is 747 g/mol. The molecule has 12 nitrogen and oxygen atoms in total. The normalized spacial score (nSPS) is 17.7. The summed E-state index contributed by atoms with van der Waals surface area (Å²) < 4.78 is 86.8. The molecule has 5 rings (SSSR count). The van der Waals surface area contributed by atoms with Crippen LogP contribution in [0.25, 0.3) is 22.2 Å². The minimum atomic E-state index is -5.45. The third-order valence-corrected chi connectivity index (χ3v) is 10.4. The molecule has 0 saturated carbocycles. The maximum absolute atomic E-state index is 15.3. The first-order chi connectivity index (χ1) is 25.5. The van der Waals surface area contributed by atoms with Gasteiger partial charge < -0.3 is 25.0 Å². The van der Waals surface area contributed by atoms with Crippen LogP contribution in [-0.2, 0) is 26.9 Å². The Morgan fingerprint density at radius 1 is 1.04 bits per heavy atom. The molecule has 55 heavy (non-hydrogen) atoms. The molecule has 2 aromatic heterocycles. The Kier molecular flexibility index (Phi) is 11.4. The Balaban J connectivity index is 1.68. The summed E-state index contributed by atoms with van der Waals surface area (Å²) in [7, 11) is -1.83. The van der Waals surface area contributed by atoms with E-state index >= 15 is 13.2 Å². The van der Waals surface area contributed by atoms with Crippen molar-refractivity contribution in [3.05, 3.63) is 83.4 Å². The van der Waals surface area contributed by atoms with Crippen LogP contribution in [0.4, 0.5) is 28.0 Å². The van der Waals surface area contributed by atoms with Crippen LogP contribution in [0.1, 0.15) is 70.1 Å². The van der Waals surface area contributed by atoms with E-state index in [4.69, 9.17) is 9.47 Å². The van der Waals surface area contributed by atoms with Crippen LogP contribution in [0, 0.1) is 5.82 Å². The largest absolute Gasteiger partial charge is 0.489 e. The zero-order chi connectivity index (χ0) is 40.7. The fourth-order valence-electron chi connectivity index (χ4n) is 5.85. The highest BCUT2D eigenvalue weighted by Gasteiger charge is 2.58. The number of pyridine rings is 2. The van der Waals surface area contributed by atoms with Crippen LogP contribution in [0.5, 0.6) is 5.75 Å². The SMILES string of the molecule is CC(C)(C)OC(=O)N1C[C@@](C)(NS(=O)C(C)(C)C)c2cc(C(O)(CNC(=O)c3cc(OCCO)c4ncccc4c3)C(F)(F)F)nc(-c3ccc(F)cc3)c21. The first-order valence-electron chi connectivity index (χ1n) is 17.2. The molecule has 2 aromatic carbocycles. The first kappa shape index (κ1) is 41.5. The number of alkyl halides is 3. The number of aliphatic hydroxyl groups excluding tert-OH is 1. The number of amides is 2. The standard InChI is InChI=1S/C38H43F4N5O7S/c1-34(2,3)54-33(50)47-21-36(7,46-55(52)35(4,5)6)26-19-28(45-30(31(26)47)22-10-12-25(39)13-11-22)37(51,38(40,41)42)20-44-32(49)24-17-23-9-8-14-43-29(23)27(18-24)53-16-15-48/h8-14,17-19,46,48,51H,15-16,20-21H2,1-7H3,(H,44,49)/t36-,37?,55?/m1/s1. The van der Waals surface area contributed by atoms with Crippen LogP contribution in [0.2, 0.25) is 0 Å². The highest BCUT2D eigenvalue weighted by molar-refractivity contribution is 7.84. The van der Waals surface area contributed by atoms with E-state index in [9.17, 15) is 28.4 Å². The Morgan fingerprint density at radius 2 is 1.71 bits per heavy atom. The van der Waals surface area contributed by atoms with Gasteiger partial charge in [-0.15, -0.1) is 0 Å². The van der Waals surface area contributed by atoms with Crippen molar-refractivity contribution >= 4 is 39.6 Å². The molecule has 3 heterocycles. The van der Waals surface area contributed by atoms with Gasteiger partial charge in [-0.3, -0.25) is 14.7 Å². The van der Waals surface area contributed by atoms with Crippen LogP contribution in [0.15, 0.2) is 60.8 Å². The number of aromatic nitrogens is 2. The summed E-state index contributed by atoms with van der Waals surface area (Å²) in [5.41, 5.74) is -7.27. The van der Waals surface area contributed by atoms with E-state index in [0.29, 0.717) is 10.9 Å². The first-order valence-corrected chi connectivity index (χ1v) is 18.3. The molecule has 3 atom stereocenters. The van der Waals surface area contributed by atoms with Gasteiger partial charge in [-0.2, -0.15) is 13.2 Å². The fourth-order valence-corrected chi connectivity index (χ4v) is 6.74. The summed E-state index contributed by atoms with van der Waals surface area (Å²) in [5, 5.41) is 23.6. The lowest BCUT2D eigenvalue weighted by Crippen LogP contribution is -2.52. The number of carbonyl (C=O) groups excluding carboxylic acids is 2. The third kappa shape index (κ3) is 8.74. The second kappa shape index (κ2) is 15.1. The molecule has 0 radical (unpaired) electrons. The van der Waals surface area contributed by atoms with Gasteiger partial charge in [0.2, 0.25) is 5.60 Å². The topological polar surface area (TPSA) is 163 Å². The van der Waals surface area contributed by atoms with E-state index in [2.05, 4.69) is 20.0 Å². The molecular formula is C38H43F4N5O7S. The van der Waals surface area contributed by atoms with E-state index in [-0.39, 0.29) is 53.6 Å². The van der Waals surface area contributed by atoms with Gasteiger partial charge in [-0.1, -0.05) is 6.07 Å². The van der Waals surface area contributed by atoms with Crippen molar-refractivity contribution < 1.29 is 51.0 Å². The number of hydrogen-bond donors (Lipinski definition) is 4. The number of halogens is 4. The average molecular weight is 790 g/mol. The van der Waals surface area contributed by atoms with Gasteiger partial charge in [0.1, 0.15) is 29.3 Å². The lowest BCUT2D eigenvalue weighted by Gasteiger charge is -2.33. The van der Waals surface area contributed by atoms with Crippen molar-refractivity contribution in [2.75, 3.05) is 31.2 Å². The van der Waals surface area contributed by atoms with Crippen LogP contribution >= 0.6 is 0 Å². The van der Waals surface area contributed by atoms with Gasteiger partial charge >= 0.3 is 12.3 Å². The van der Waals surface area contributed by atoms with Gasteiger partial charge in [0.05, 0.1) is 58.0 Å². The zero-order valence-corrected chi connectivity index (χ0v) is 32.1. The highest BCUT2D eigenvalue weighted by atomic mass is 32.2. The van der Waals surface area contributed by atoms with Crippen molar-refractivity contribution in [2.24, 2.45) is 0 Å². The van der Waals surface area contributed by atoms with Crippen LogP contribution in [-0.4, -0.2) is 79.2 Å². The molecule has 2 unspecified atom stereocenters. The number of benzene rings is 2. The molecule has 0 aliphatic carbocycles. The van der Waals surface area contributed by atoms with Gasteiger partial charge in [0.25, 0.3) is 5.91 Å². The van der Waals surface area contributed by atoms with E-state index in [0.717, 1.165) is 23.1 Å². The van der Waals surface area contributed by atoms with Crippen molar-refractivity contribution in [3.63, 3.8) is 0 Å². The predicted octanol–water partition coefficient (Wildman–Crippen LogP) is 6.01. The van der Waals surface area contributed by atoms with E-state index in [1.165, 1.54) is 37.4 Å². The molecule has 4 aromatic rings. The number of hydrogen-bond acceptors (Lipinski definition) is 9. The van der Waals surface area contributed by atoms with Crippen molar-refractivity contribution in [2.45, 2.75) is 76.1 Å². The lowest BCUT2D eigenvalue weighted by atomic mass is 9.89. The molecule has 0 saturated heterocycles. The number of nitrogens with one attached hydrogen (secondary N) is 2. The quantitative estimate of drug-likeness (QED) is 0.141. The number of anilines is 1. The Hall–Kier alpha value is -4.71. The Labute approximate surface area is 317 Å². The summed E-state index contributed by atoms with van der Waals surface area (Å²) in [4.78, 5) is 36.9. The van der Waals surface area contributed by atoms with E-state index in [1.54, 1.807) is 53.7 Å². The number of carbonyl (C=O) groups is 2. The maximum Gasteiger partial charge on any atom is 0.424 e. The van der Waals surface area contributed by atoms with Crippen molar-refractivity contribution in [3.8, 4) is 17.0 Å². The summed E-state index contributed by atoms with van der Waals surface area (Å²) in [5.74, 6) is -1.57. The lowest BCUT2D eigenvalue weighted by molar-refractivity contribution is -0.265. The van der Waals surface area contributed by atoms with Crippen LogP contribution < -0.4 is 19.7 Å². The maximum atomic E-state index is 15.3. The molecule has 2 amide bonds. The molecule has 1 aliphatic rings. The van der Waals surface area contributed by atoms with Gasteiger partial charge in [-0.25, -0.2) is 23.1 Å². The number of nitrogens with zero attached hydrogens (tertiary/aromatic N) is 3. The minimum absolute atomic E-state index is 0.00184. The van der Waals surface area contributed by atoms with E-state index < -0.39 is 68.7 Å². The molecule has 296 valence electrons. The van der Waals surface area contributed by atoms with Gasteiger partial charge in [0, 0.05) is 28.3 Å². The smallest absolute Gasteiger partial charge is 0.424 e. The van der Waals surface area contributed by atoms with Crippen molar-refractivity contribution in [1.29, 1.82) is 0 Å². The fraction of sp³-hybridized carbons (Fsp3) is 0.421. The third-order valence-electron chi connectivity index (χ3n) is 8.62. The summed E-state index contributed by atoms with van der Waals surface area (Å²) in [6, 6.07) is 11.4. The second-order valence-electron chi connectivity index (χ2n) is 15.3. The average Bonchev–Trinajstić information content (AvgIpc) is 3.39. The predicted molar refractivity (Wildman–Crippen MR) is 198 cm³/mol. The summed E-state index contributed by atoms with van der Waals surface area (Å²) in [6.45, 7) is 9.28. The molecule has 0 spiro atoms. The monoisotopic (exact) mass is 789 g/mol. The van der Waals surface area contributed by atoms with Gasteiger partial charge in [-0.05, 0) is 97.0 Å². The number of aliphatic hydroxyl groups is 2.